The molecule has 1 heterocycles. The Hall–Kier alpha value is -1.40. The summed E-state index contributed by atoms with van der Waals surface area (Å²) in [5.74, 6) is -1.45. The zero-order valence-electron chi connectivity index (χ0n) is 9.89. The van der Waals surface area contributed by atoms with Gasteiger partial charge in [-0.25, -0.2) is 0 Å². The van der Waals surface area contributed by atoms with Crippen molar-refractivity contribution in [3.8, 4) is 0 Å². The third-order valence-corrected chi connectivity index (χ3v) is 4.10. The van der Waals surface area contributed by atoms with Gasteiger partial charge in [0, 0.05) is 4.88 Å². The van der Waals surface area contributed by atoms with Crippen molar-refractivity contribution in [2.75, 3.05) is 0 Å². The fourth-order valence-electron chi connectivity index (χ4n) is 2.20. The smallest absolute Gasteiger partial charge is 0.305 e. The van der Waals surface area contributed by atoms with Gasteiger partial charge in [0.1, 0.15) is 0 Å². The molecule has 0 fully saturated rings. The van der Waals surface area contributed by atoms with Gasteiger partial charge in [-0.15, -0.1) is 11.3 Å². The second kappa shape index (κ2) is 5.49. The van der Waals surface area contributed by atoms with Crippen LogP contribution in [0.2, 0.25) is 0 Å². The van der Waals surface area contributed by atoms with Gasteiger partial charge in [-0.2, -0.15) is 0 Å². The largest absolute Gasteiger partial charge is 0.481 e. The van der Waals surface area contributed by atoms with E-state index in [1.165, 1.54) is 4.88 Å². The Kier molecular flexibility index (Phi) is 3.98. The summed E-state index contributed by atoms with van der Waals surface area (Å²) in [7, 11) is 0. The molecule has 1 amide bonds. The van der Waals surface area contributed by atoms with E-state index in [1.54, 1.807) is 11.3 Å². The molecule has 1 aromatic heterocycles. The van der Waals surface area contributed by atoms with Crippen LogP contribution in [-0.4, -0.2) is 23.0 Å². The summed E-state index contributed by atoms with van der Waals surface area (Å²) >= 11 is 1.70. The normalized spacial score (nSPS) is 19.9. The monoisotopic (exact) mass is 268 g/mol. The summed E-state index contributed by atoms with van der Waals surface area (Å²) in [4.78, 5) is 23.6. The highest BCUT2D eigenvalue weighted by Crippen LogP contribution is 2.33. The maximum absolute atomic E-state index is 11.8. The highest BCUT2D eigenvalue weighted by atomic mass is 32.1. The molecule has 2 rings (SSSR count). The fraction of sp³-hybridized carbons (Fsp3) is 0.500. The average molecular weight is 268 g/mol. The van der Waals surface area contributed by atoms with Crippen LogP contribution in [0, 0.1) is 0 Å². The molecule has 5 nitrogen and oxygen atoms in total. The van der Waals surface area contributed by atoms with Crippen molar-refractivity contribution in [2.24, 2.45) is 5.73 Å². The first kappa shape index (κ1) is 13.0. The molecule has 0 radical (unpaired) electrons. The van der Waals surface area contributed by atoms with Crippen LogP contribution >= 0.6 is 11.3 Å². The molecule has 18 heavy (non-hydrogen) atoms. The molecule has 2 atom stereocenters. The number of fused-ring (bicyclic) bond motifs is 1. The van der Waals surface area contributed by atoms with Gasteiger partial charge in [-0.3, -0.25) is 9.59 Å². The first-order valence-corrected chi connectivity index (χ1v) is 6.80. The van der Waals surface area contributed by atoms with E-state index >= 15 is 0 Å². The van der Waals surface area contributed by atoms with Crippen molar-refractivity contribution >= 4 is 23.2 Å². The number of nitrogens with two attached hydrogens (primary N) is 1. The topological polar surface area (TPSA) is 92.4 Å². The molecule has 98 valence electrons. The second-order valence-electron chi connectivity index (χ2n) is 4.46. The van der Waals surface area contributed by atoms with Gasteiger partial charge >= 0.3 is 5.97 Å². The first-order chi connectivity index (χ1) is 8.58. The molecular weight excluding hydrogens is 252 g/mol. The number of carbonyl (C=O) groups excluding carboxylic acids is 1. The van der Waals surface area contributed by atoms with Crippen LogP contribution in [0.3, 0.4) is 0 Å². The zero-order valence-corrected chi connectivity index (χ0v) is 10.7. The van der Waals surface area contributed by atoms with E-state index in [1.807, 2.05) is 11.4 Å². The minimum Gasteiger partial charge on any atom is -0.481 e. The molecule has 0 spiro atoms. The maximum atomic E-state index is 11.8. The van der Waals surface area contributed by atoms with E-state index < -0.39 is 12.0 Å². The molecule has 2 unspecified atom stereocenters. The molecule has 0 saturated carbocycles. The number of amides is 1. The van der Waals surface area contributed by atoms with Gasteiger partial charge in [-0.05, 0) is 36.3 Å². The lowest BCUT2D eigenvalue weighted by Gasteiger charge is -2.24. The van der Waals surface area contributed by atoms with Crippen molar-refractivity contribution in [2.45, 2.75) is 37.8 Å². The number of aryl methyl sites for hydroxylation is 1. The molecule has 0 saturated heterocycles. The summed E-state index contributed by atoms with van der Waals surface area (Å²) in [6.07, 6.45) is 2.64. The van der Waals surface area contributed by atoms with Crippen molar-refractivity contribution < 1.29 is 14.7 Å². The molecule has 0 bridgehead atoms. The molecule has 0 aliphatic heterocycles. The van der Waals surface area contributed by atoms with Gasteiger partial charge in [0.25, 0.3) is 0 Å². The lowest BCUT2D eigenvalue weighted by Crippen LogP contribution is -2.43. The Morgan fingerprint density at radius 1 is 1.61 bits per heavy atom. The SMILES string of the molecule is NC(CC(=O)O)C(=O)NC1CCCc2sccc21. The molecule has 1 aliphatic rings. The standard InChI is InChI=1S/C12H16N2O3S/c13-8(6-11(15)16)12(17)14-9-2-1-3-10-7(9)4-5-18-10/h4-5,8-9H,1-3,6,13H2,(H,14,17)(H,15,16). The minimum absolute atomic E-state index is 0.0210. The van der Waals surface area contributed by atoms with Crippen LogP contribution in [0.1, 0.15) is 35.7 Å². The number of hydrogen-bond acceptors (Lipinski definition) is 4. The van der Waals surface area contributed by atoms with Crippen LogP contribution in [-0.2, 0) is 16.0 Å². The third-order valence-electron chi connectivity index (χ3n) is 3.10. The summed E-state index contributed by atoms with van der Waals surface area (Å²) in [5.41, 5.74) is 6.70. The Bertz CT molecular complexity index is 458. The third kappa shape index (κ3) is 2.88. The van der Waals surface area contributed by atoms with E-state index in [4.69, 9.17) is 10.8 Å². The van der Waals surface area contributed by atoms with Gasteiger partial charge in [0.05, 0.1) is 18.5 Å². The number of carboxylic acids is 1. The number of hydrogen-bond donors (Lipinski definition) is 3. The quantitative estimate of drug-likeness (QED) is 0.761. The van der Waals surface area contributed by atoms with Crippen molar-refractivity contribution in [1.29, 1.82) is 0 Å². The van der Waals surface area contributed by atoms with Gasteiger partial charge < -0.3 is 16.2 Å². The zero-order chi connectivity index (χ0) is 13.1. The molecule has 1 aromatic rings. The van der Waals surface area contributed by atoms with E-state index in [2.05, 4.69) is 5.32 Å². The predicted molar refractivity (Wildman–Crippen MR) is 68.4 cm³/mol. The van der Waals surface area contributed by atoms with Gasteiger partial charge in [-0.1, -0.05) is 0 Å². The number of rotatable bonds is 4. The lowest BCUT2D eigenvalue weighted by atomic mass is 9.94. The Balaban J connectivity index is 1.99. The van der Waals surface area contributed by atoms with E-state index in [-0.39, 0.29) is 18.4 Å². The van der Waals surface area contributed by atoms with E-state index in [0.717, 1.165) is 24.8 Å². The highest BCUT2D eigenvalue weighted by molar-refractivity contribution is 7.10. The van der Waals surface area contributed by atoms with Gasteiger partial charge in [0.15, 0.2) is 0 Å². The molecule has 0 aromatic carbocycles. The summed E-state index contributed by atoms with van der Waals surface area (Å²) in [6, 6.07) is 1.02. The maximum Gasteiger partial charge on any atom is 0.305 e. The van der Waals surface area contributed by atoms with Crippen LogP contribution in [0.4, 0.5) is 0 Å². The van der Waals surface area contributed by atoms with E-state index in [0.29, 0.717) is 0 Å². The number of carbonyl (C=O) groups is 2. The van der Waals surface area contributed by atoms with Gasteiger partial charge in [0.2, 0.25) is 5.91 Å². The highest BCUT2D eigenvalue weighted by Gasteiger charge is 2.25. The number of aliphatic carboxylic acids is 1. The lowest BCUT2D eigenvalue weighted by molar-refractivity contribution is -0.139. The van der Waals surface area contributed by atoms with Crippen LogP contribution in [0.15, 0.2) is 11.4 Å². The van der Waals surface area contributed by atoms with Crippen LogP contribution in [0.25, 0.3) is 0 Å². The summed E-state index contributed by atoms with van der Waals surface area (Å²) in [5, 5.41) is 13.5. The Morgan fingerprint density at radius 3 is 3.11 bits per heavy atom. The van der Waals surface area contributed by atoms with Crippen molar-refractivity contribution in [3.05, 3.63) is 21.9 Å². The van der Waals surface area contributed by atoms with E-state index in [9.17, 15) is 9.59 Å². The predicted octanol–water partition coefficient (Wildman–Crippen LogP) is 1.04. The number of carboxylic acid groups (broad SMARTS) is 1. The second-order valence-corrected chi connectivity index (χ2v) is 5.46. The van der Waals surface area contributed by atoms with Crippen molar-refractivity contribution in [1.82, 2.24) is 5.32 Å². The molecule has 6 heteroatoms. The first-order valence-electron chi connectivity index (χ1n) is 5.92. The number of nitrogens with one attached hydrogen (secondary N) is 1. The molecular formula is C12H16N2O3S. The van der Waals surface area contributed by atoms with Crippen LogP contribution < -0.4 is 11.1 Å². The Labute approximate surface area is 109 Å². The minimum atomic E-state index is -1.06. The van der Waals surface area contributed by atoms with Crippen LogP contribution in [0.5, 0.6) is 0 Å². The Morgan fingerprint density at radius 2 is 2.39 bits per heavy atom. The summed E-state index contributed by atoms with van der Waals surface area (Å²) < 4.78 is 0. The van der Waals surface area contributed by atoms with Crippen molar-refractivity contribution in [3.63, 3.8) is 0 Å². The summed E-state index contributed by atoms with van der Waals surface area (Å²) in [6.45, 7) is 0. The molecule has 4 N–H and O–H groups in total. The number of thiophene rings is 1. The fourth-order valence-corrected chi connectivity index (χ4v) is 3.18. The average Bonchev–Trinajstić information content (AvgIpc) is 2.77. The molecule has 1 aliphatic carbocycles.